The van der Waals surface area contributed by atoms with Gasteiger partial charge in [-0.05, 0) is 35.9 Å². The molecule has 0 radical (unpaired) electrons. The van der Waals surface area contributed by atoms with E-state index in [1.54, 1.807) is 11.6 Å². The summed E-state index contributed by atoms with van der Waals surface area (Å²) in [4.78, 5) is 16.1. The number of thiol groups is 1. The van der Waals surface area contributed by atoms with E-state index in [1.165, 1.54) is 24.3 Å². The molecule has 1 aliphatic rings. The van der Waals surface area contributed by atoms with Crippen molar-refractivity contribution in [2.24, 2.45) is 4.99 Å². The number of carbonyl (C=O) groups is 1. The zero-order valence-electron chi connectivity index (χ0n) is 11.7. The highest BCUT2D eigenvalue weighted by Gasteiger charge is 2.30. The standard InChI is InChI=1S/C16H12F3NO2S/c17-16(18,19)12-4-1-10(2-5-12)8-23-9-20-13-7-11(15(21)22)3-6-14(13)23/h1-7,9,23H,8H2,(H,21,22). The molecule has 3 rings (SSSR count). The molecule has 2 aromatic carbocycles. The summed E-state index contributed by atoms with van der Waals surface area (Å²) in [6, 6.07) is 9.88. The molecule has 1 unspecified atom stereocenters. The maximum atomic E-state index is 12.6. The van der Waals surface area contributed by atoms with E-state index in [-0.39, 0.29) is 5.56 Å². The van der Waals surface area contributed by atoms with Gasteiger partial charge >= 0.3 is 12.1 Å². The Bertz CT molecular complexity index is 785. The fourth-order valence-corrected chi connectivity index (χ4v) is 4.25. The Labute approximate surface area is 132 Å². The van der Waals surface area contributed by atoms with E-state index in [4.69, 9.17) is 5.11 Å². The second kappa shape index (κ2) is 5.73. The molecule has 0 fully saturated rings. The van der Waals surface area contributed by atoms with Crippen LogP contribution in [0.25, 0.3) is 0 Å². The fourth-order valence-electron chi connectivity index (χ4n) is 2.32. The van der Waals surface area contributed by atoms with Crippen LogP contribution in [-0.2, 0) is 11.9 Å². The molecule has 1 N–H and O–H groups in total. The molecular weight excluding hydrogens is 327 g/mol. The Balaban J connectivity index is 1.79. The highest BCUT2D eigenvalue weighted by molar-refractivity contribution is 8.28. The molecule has 0 spiro atoms. The Hall–Kier alpha value is -2.28. The van der Waals surface area contributed by atoms with Gasteiger partial charge in [0.1, 0.15) is 0 Å². The van der Waals surface area contributed by atoms with Crippen molar-refractivity contribution in [3.8, 4) is 0 Å². The van der Waals surface area contributed by atoms with Crippen molar-refractivity contribution in [3.63, 3.8) is 0 Å². The molecule has 2 aromatic rings. The summed E-state index contributed by atoms with van der Waals surface area (Å²) in [6.07, 6.45) is -4.33. The van der Waals surface area contributed by atoms with Crippen LogP contribution in [0.2, 0.25) is 0 Å². The van der Waals surface area contributed by atoms with Gasteiger partial charge in [0.15, 0.2) is 0 Å². The van der Waals surface area contributed by atoms with Crippen LogP contribution in [0.1, 0.15) is 21.5 Å². The molecule has 1 heterocycles. The summed E-state index contributed by atoms with van der Waals surface area (Å²) >= 11 is 0. The molecule has 0 saturated carbocycles. The van der Waals surface area contributed by atoms with Crippen LogP contribution in [-0.4, -0.2) is 16.6 Å². The van der Waals surface area contributed by atoms with Gasteiger partial charge in [0, 0.05) is 16.2 Å². The highest BCUT2D eigenvalue weighted by Crippen LogP contribution is 2.48. The molecule has 1 aliphatic heterocycles. The summed E-state index contributed by atoms with van der Waals surface area (Å²) in [5, 5.41) is 8.97. The Morgan fingerprint density at radius 2 is 1.83 bits per heavy atom. The summed E-state index contributed by atoms with van der Waals surface area (Å²) in [5.74, 6) is -0.432. The highest BCUT2D eigenvalue weighted by atomic mass is 32.2. The first-order valence-electron chi connectivity index (χ1n) is 6.69. The minimum Gasteiger partial charge on any atom is -0.478 e. The van der Waals surface area contributed by atoms with Crippen LogP contribution in [0, 0.1) is 0 Å². The van der Waals surface area contributed by atoms with E-state index in [0.29, 0.717) is 11.4 Å². The number of aliphatic imine (C=N–C) groups is 1. The molecule has 7 heteroatoms. The van der Waals surface area contributed by atoms with Gasteiger partial charge in [-0.3, -0.25) is 4.99 Å². The van der Waals surface area contributed by atoms with Crippen molar-refractivity contribution >= 4 is 28.1 Å². The molecule has 0 bridgehead atoms. The first-order chi connectivity index (χ1) is 10.8. The number of carboxylic acids is 1. The van der Waals surface area contributed by atoms with Crippen LogP contribution in [0.3, 0.4) is 0 Å². The SMILES string of the molecule is O=C(O)c1ccc2c(c1)N=C[SH]2Cc1ccc(C(F)(F)F)cc1. The van der Waals surface area contributed by atoms with Crippen molar-refractivity contribution in [1.29, 1.82) is 0 Å². The minimum absolute atomic E-state index is 0.173. The van der Waals surface area contributed by atoms with E-state index in [2.05, 4.69) is 4.99 Å². The van der Waals surface area contributed by atoms with Gasteiger partial charge in [0.05, 0.1) is 16.8 Å². The van der Waals surface area contributed by atoms with Crippen molar-refractivity contribution in [1.82, 2.24) is 0 Å². The number of fused-ring (bicyclic) bond motifs is 1. The maximum absolute atomic E-state index is 12.6. The molecular formula is C16H12F3NO2S. The average molecular weight is 339 g/mol. The Morgan fingerprint density at radius 3 is 2.43 bits per heavy atom. The lowest BCUT2D eigenvalue weighted by Gasteiger charge is -2.15. The number of carboxylic acid groups (broad SMARTS) is 1. The Morgan fingerprint density at radius 1 is 1.13 bits per heavy atom. The second-order valence-electron chi connectivity index (χ2n) is 5.08. The van der Waals surface area contributed by atoms with Crippen molar-refractivity contribution in [3.05, 3.63) is 59.2 Å². The summed E-state index contributed by atoms with van der Waals surface area (Å²) in [7, 11) is -0.772. The third kappa shape index (κ3) is 3.24. The van der Waals surface area contributed by atoms with Crippen molar-refractivity contribution < 1.29 is 23.1 Å². The van der Waals surface area contributed by atoms with Gasteiger partial charge in [0.2, 0.25) is 0 Å². The molecule has 1 atom stereocenters. The third-order valence-electron chi connectivity index (χ3n) is 3.50. The van der Waals surface area contributed by atoms with Gasteiger partial charge in [-0.1, -0.05) is 12.1 Å². The van der Waals surface area contributed by atoms with E-state index in [0.717, 1.165) is 22.6 Å². The number of hydrogen-bond acceptors (Lipinski definition) is 2. The van der Waals surface area contributed by atoms with Gasteiger partial charge < -0.3 is 5.11 Å². The Kier molecular flexibility index (Phi) is 3.89. The first-order valence-corrected chi connectivity index (χ1v) is 8.28. The number of alkyl halides is 3. The smallest absolute Gasteiger partial charge is 0.416 e. The number of halogens is 3. The van der Waals surface area contributed by atoms with E-state index in [9.17, 15) is 18.0 Å². The van der Waals surface area contributed by atoms with Gasteiger partial charge in [-0.2, -0.15) is 24.1 Å². The monoisotopic (exact) mass is 339 g/mol. The zero-order valence-corrected chi connectivity index (χ0v) is 12.6. The van der Waals surface area contributed by atoms with Crippen LogP contribution < -0.4 is 0 Å². The van der Waals surface area contributed by atoms with Gasteiger partial charge in [0.25, 0.3) is 0 Å². The number of benzene rings is 2. The number of rotatable bonds is 3. The summed E-state index contributed by atoms with van der Waals surface area (Å²) < 4.78 is 37.7. The number of nitrogens with zero attached hydrogens (tertiary/aromatic N) is 1. The average Bonchev–Trinajstić information content (AvgIpc) is 2.89. The molecule has 120 valence electrons. The lowest BCUT2D eigenvalue weighted by molar-refractivity contribution is -0.137. The number of aromatic carboxylic acids is 1. The lowest BCUT2D eigenvalue weighted by Crippen LogP contribution is -2.04. The van der Waals surface area contributed by atoms with E-state index in [1.807, 2.05) is 0 Å². The van der Waals surface area contributed by atoms with Crippen LogP contribution in [0.15, 0.2) is 52.4 Å². The van der Waals surface area contributed by atoms with Crippen molar-refractivity contribution in [2.75, 3.05) is 0 Å². The molecule has 0 aromatic heterocycles. The second-order valence-corrected chi connectivity index (χ2v) is 7.04. The predicted octanol–water partition coefficient (Wildman–Crippen LogP) is 4.64. The normalized spacial score (nSPS) is 18.0. The molecule has 0 amide bonds. The van der Waals surface area contributed by atoms with E-state index < -0.39 is 28.6 Å². The lowest BCUT2D eigenvalue weighted by atomic mass is 10.1. The molecule has 23 heavy (non-hydrogen) atoms. The van der Waals surface area contributed by atoms with Crippen molar-refractivity contribution in [2.45, 2.75) is 16.8 Å². The van der Waals surface area contributed by atoms with Gasteiger partial charge in [-0.25, -0.2) is 4.79 Å². The van der Waals surface area contributed by atoms with Crippen LogP contribution in [0.4, 0.5) is 18.9 Å². The topological polar surface area (TPSA) is 49.7 Å². The van der Waals surface area contributed by atoms with Gasteiger partial charge in [-0.15, -0.1) is 0 Å². The minimum atomic E-state index is -4.33. The summed E-state index contributed by atoms with van der Waals surface area (Å²) in [6.45, 7) is 0. The van der Waals surface area contributed by atoms with Crippen LogP contribution in [0.5, 0.6) is 0 Å². The molecule has 3 nitrogen and oxygen atoms in total. The largest absolute Gasteiger partial charge is 0.478 e. The number of hydrogen-bond donors (Lipinski definition) is 2. The summed E-state index contributed by atoms with van der Waals surface area (Å²) in [5.41, 5.74) is 2.70. The predicted molar refractivity (Wildman–Crippen MR) is 84.0 cm³/mol. The fraction of sp³-hybridized carbons (Fsp3) is 0.125. The molecule has 0 aliphatic carbocycles. The van der Waals surface area contributed by atoms with E-state index >= 15 is 0 Å². The van der Waals surface area contributed by atoms with Crippen LogP contribution >= 0.6 is 10.9 Å². The first kappa shape index (κ1) is 15.6. The maximum Gasteiger partial charge on any atom is 0.416 e. The quantitative estimate of drug-likeness (QED) is 0.801. The third-order valence-corrected chi connectivity index (χ3v) is 5.60. The zero-order chi connectivity index (χ0) is 16.6. The molecule has 0 saturated heterocycles.